The van der Waals surface area contributed by atoms with Crippen LogP contribution < -0.4 is 0 Å². The lowest BCUT2D eigenvalue weighted by Gasteiger charge is -2.33. The van der Waals surface area contributed by atoms with Crippen LogP contribution in [-0.2, 0) is 14.9 Å². The van der Waals surface area contributed by atoms with E-state index in [-0.39, 0.29) is 26.7 Å². The van der Waals surface area contributed by atoms with Gasteiger partial charge < -0.3 is 10.2 Å². The normalized spacial score (nSPS) is 13.8. The van der Waals surface area contributed by atoms with E-state index in [1.807, 2.05) is 0 Å². The fourth-order valence-electron chi connectivity index (χ4n) is 3.19. The lowest BCUT2D eigenvalue weighted by molar-refractivity contribution is 0.431. The van der Waals surface area contributed by atoms with Crippen molar-refractivity contribution in [2.24, 2.45) is 0 Å². The van der Waals surface area contributed by atoms with E-state index in [4.69, 9.17) is 46.4 Å². The molecule has 0 radical (unpaired) electrons. The Bertz CT molecular complexity index is 1180. The Labute approximate surface area is 186 Å². The van der Waals surface area contributed by atoms with Crippen LogP contribution in [0.25, 0.3) is 0 Å². The maximum atomic E-state index is 12.9. The number of aromatic hydroxyl groups is 2. The molecular formula is C19H12Cl4O5S. The van der Waals surface area contributed by atoms with E-state index in [9.17, 15) is 23.2 Å². The molecule has 29 heavy (non-hydrogen) atoms. The maximum absolute atomic E-state index is 12.9. The van der Waals surface area contributed by atoms with Crippen LogP contribution in [0.2, 0.25) is 20.1 Å². The molecule has 0 aromatic heterocycles. The summed E-state index contributed by atoms with van der Waals surface area (Å²) >= 11 is 24.1. The molecule has 1 atom stereocenters. The number of halogens is 4. The number of phenolic OH excluding ortho intramolecular Hbond substituents is 2. The van der Waals surface area contributed by atoms with Crippen LogP contribution in [0.3, 0.4) is 0 Å². The summed E-state index contributed by atoms with van der Waals surface area (Å²) in [4.78, 5) is 0. The van der Waals surface area contributed by atoms with Gasteiger partial charge in [0, 0.05) is 20.6 Å². The predicted octanol–water partition coefficient (Wildman–Crippen LogP) is 5.89. The van der Waals surface area contributed by atoms with Crippen LogP contribution >= 0.6 is 46.4 Å². The van der Waals surface area contributed by atoms with Crippen LogP contribution in [-0.4, -0.2) is 23.2 Å². The zero-order valence-electron chi connectivity index (χ0n) is 14.3. The second kappa shape index (κ2) is 7.87. The van der Waals surface area contributed by atoms with E-state index in [2.05, 4.69) is 0 Å². The Morgan fingerprint density at radius 1 is 0.724 bits per heavy atom. The highest BCUT2D eigenvalue weighted by molar-refractivity contribution is 7.87. The average molecular weight is 494 g/mol. The van der Waals surface area contributed by atoms with Gasteiger partial charge in [0.05, 0.1) is 0 Å². The molecule has 3 N–H and O–H groups in total. The minimum Gasteiger partial charge on any atom is -0.506 e. The first-order valence-electron chi connectivity index (χ1n) is 7.89. The minimum absolute atomic E-state index is 0.0276. The van der Waals surface area contributed by atoms with Crippen molar-refractivity contribution in [2.45, 2.75) is 4.75 Å². The van der Waals surface area contributed by atoms with Crippen molar-refractivity contribution >= 4 is 56.5 Å². The van der Waals surface area contributed by atoms with Crippen LogP contribution in [0.5, 0.6) is 11.5 Å². The maximum Gasteiger partial charge on any atom is 0.283 e. The molecule has 3 rings (SSSR count). The SMILES string of the molecule is O=S(=O)(O)C(c1ccc(Cl)cc1)(c1cc(Cl)cc(Cl)c1)c1ccc(O)c(Cl)c1O. The van der Waals surface area contributed by atoms with Crippen molar-refractivity contribution < 1.29 is 23.2 Å². The summed E-state index contributed by atoms with van der Waals surface area (Å²) in [7, 11) is -5.04. The Hall–Kier alpha value is -1.67. The highest BCUT2D eigenvalue weighted by atomic mass is 35.5. The van der Waals surface area contributed by atoms with Gasteiger partial charge >= 0.3 is 0 Å². The second-order valence-electron chi connectivity index (χ2n) is 6.12. The quantitative estimate of drug-likeness (QED) is 0.311. The Morgan fingerprint density at radius 3 is 1.79 bits per heavy atom. The van der Waals surface area contributed by atoms with Gasteiger partial charge in [0.15, 0.2) is 4.75 Å². The molecule has 5 nitrogen and oxygen atoms in total. The van der Waals surface area contributed by atoms with E-state index in [1.165, 1.54) is 42.5 Å². The van der Waals surface area contributed by atoms with Gasteiger partial charge in [-0.1, -0.05) is 58.5 Å². The zero-order valence-corrected chi connectivity index (χ0v) is 18.1. The van der Waals surface area contributed by atoms with Gasteiger partial charge in [-0.15, -0.1) is 0 Å². The fourth-order valence-corrected chi connectivity index (χ4v) is 5.30. The lowest BCUT2D eigenvalue weighted by Crippen LogP contribution is -2.38. The molecule has 0 saturated carbocycles. The number of phenols is 2. The number of hydrogen-bond acceptors (Lipinski definition) is 4. The molecule has 152 valence electrons. The summed E-state index contributed by atoms with van der Waals surface area (Å²) in [6, 6.07) is 11.8. The molecule has 10 heteroatoms. The van der Waals surface area contributed by atoms with Crippen molar-refractivity contribution in [3.63, 3.8) is 0 Å². The van der Waals surface area contributed by atoms with Gasteiger partial charge in [0.1, 0.15) is 16.5 Å². The van der Waals surface area contributed by atoms with Crippen LogP contribution in [0.1, 0.15) is 16.7 Å². The highest BCUT2D eigenvalue weighted by Crippen LogP contribution is 2.51. The molecule has 0 aliphatic rings. The molecule has 0 saturated heterocycles. The summed E-state index contributed by atoms with van der Waals surface area (Å²) in [6.45, 7) is 0. The molecule has 0 bridgehead atoms. The second-order valence-corrected chi connectivity index (χ2v) is 9.37. The minimum atomic E-state index is -5.04. The molecule has 1 unspecified atom stereocenters. The van der Waals surface area contributed by atoms with E-state index < -0.39 is 31.4 Å². The van der Waals surface area contributed by atoms with Crippen LogP contribution in [0.4, 0.5) is 0 Å². The van der Waals surface area contributed by atoms with E-state index in [0.717, 1.165) is 12.1 Å². The van der Waals surface area contributed by atoms with Gasteiger partial charge in [-0.3, -0.25) is 4.55 Å². The van der Waals surface area contributed by atoms with E-state index in [1.54, 1.807) is 0 Å². The van der Waals surface area contributed by atoms with Crippen molar-refractivity contribution in [1.29, 1.82) is 0 Å². The summed E-state index contributed by atoms with van der Waals surface area (Å²) < 4.78 is 33.9. The number of benzene rings is 3. The number of rotatable bonds is 4. The van der Waals surface area contributed by atoms with Gasteiger partial charge in [-0.05, 0) is 53.6 Å². The lowest BCUT2D eigenvalue weighted by atomic mass is 9.83. The first kappa shape index (κ1) is 22.0. The molecule has 3 aromatic carbocycles. The first-order chi connectivity index (χ1) is 13.5. The summed E-state index contributed by atoms with van der Waals surface area (Å²) in [5.41, 5.74) is -0.347. The molecule has 0 amide bonds. The fraction of sp³-hybridized carbons (Fsp3) is 0.0526. The molecular weight excluding hydrogens is 482 g/mol. The van der Waals surface area contributed by atoms with Crippen LogP contribution in [0, 0.1) is 0 Å². The standard InChI is InChI=1S/C19H12Cl4O5S/c20-12-3-1-10(2-4-12)19(29(26,27)28,11-7-13(21)9-14(22)8-11)15-5-6-16(24)17(23)18(15)25/h1-9,24-25H,(H,26,27,28). The molecule has 0 heterocycles. The molecule has 3 aromatic rings. The van der Waals surface area contributed by atoms with Gasteiger partial charge in [-0.2, -0.15) is 8.42 Å². The van der Waals surface area contributed by atoms with Gasteiger partial charge in [0.2, 0.25) is 0 Å². The average Bonchev–Trinajstić information content (AvgIpc) is 2.61. The smallest absolute Gasteiger partial charge is 0.283 e. The molecule has 0 spiro atoms. The first-order valence-corrected chi connectivity index (χ1v) is 10.8. The van der Waals surface area contributed by atoms with Crippen molar-refractivity contribution in [3.05, 3.63) is 91.4 Å². The topological polar surface area (TPSA) is 94.8 Å². The Kier molecular flexibility index (Phi) is 5.98. The summed E-state index contributed by atoms with van der Waals surface area (Å²) in [6.07, 6.45) is 0. The van der Waals surface area contributed by atoms with Crippen molar-refractivity contribution in [3.8, 4) is 11.5 Å². The van der Waals surface area contributed by atoms with Gasteiger partial charge in [-0.25, -0.2) is 0 Å². The van der Waals surface area contributed by atoms with E-state index in [0.29, 0.717) is 5.02 Å². The Morgan fingerprint density at radius 2 is 1.28 bits per heavy atom. The van der Waals surface area contributed by atoms with Crippen LogP contribution in [0.15, 0.2) is 54.6 Å². The summed E-state index contributed by atoms with van der Waals surface area (Å²) in [5, 5.41) is 20.4. The largest absolute Gasteiger partial charge is 0.506 e. The van der Waals surface area contributed by atoms with Gasteiger partial charge in [0.25, 0.3) is 10.1 Å². The van der Waals surface area contributed by atoms with Crippen molar-refractivity contribution in [2.75, 3.05) is 0 Å². The third-order valence-electron chi connectivity index (χ3n) is 4.38. The third-order valence-corrected chi connectivity index (χ3v) is 6.91. The highest BCUT2D eigenvalue weighted by Gasteiger charge is 2.50. The number of hydrogen-bond donors (Lipinski definition) is 3. The van der Waals surface area contributed by atoms with Crippen molar-refractivity contribution in [1.82, 2.24) is 0 Å². The zero-order chi connectivity index (χ0) is 21.6. The molecule has 0 aliphatic carbocycles. The summed E-state index contributed by atoms with van der Waals surface area (Å²) in [5.74, 6) is -1.22. The monoisotopic (exact) mass is 492 g/mol. The molecule has 0 aliphatic heterocycles. The van der Waals surface area contributed by atoms with E-state index >= 15 is 0 Å². The predicted molar refractivity (Wildman–Crippen MR) is 114 cm³/mol. The third kappa shape index (κ3) is 3.77. The molecule has 0 fully saturated rings. The Balaban J connectivity index is 2.58.